The lowest BCUT2D eigenvalue weighted by atomic mass is 10.1. The van der Waals surface area contributed by atoms with E-state index in [-0.39, 0.29) is 12.6 Å². The number of rotatable bonds is 64. The second-order valence-corrected chi connectivity index (χ2v) is 21.7. The van der Waals surface area contributed by atoms with E-state index in [2.05, 4.69) is 65.8 Å². The zero-order valence-electron chi connectivity index (χ0n) is 50.2. The Labute approximate surface area is 457 Å². The summed E-state index contributed by atoms with van der Waals surface area (Å²) in [5.41, 5.74) is 0. The Hall–Kier alpha value is -0.800. The highest BCUT2D eigenvalue weighted by molar-refractivity contribution is 4.90. The van der Waals surface area contributed by atoms with Crippen LogP contribution in [0.2, 0.25) is 0 Å². The van der Waals surface area contributed by atoms with Crippen LogP contribution in [0.4, 0.5) is 0 Å². The van der Waals surface area contributed by atoms with Gasteiger partial charge in [0.15, 0.2) is 25.2 Å². The van der Waals surface area contributed by atoms with Crippen molar-refractivity contribution in [3.63, 3.8) is 0 Å². The average Bonchev–Trinajstić information content (AvgIpc) is 3.40. The predicted octanol–water partition coefficient (Wildman–Crippen LogP) is 21.6. The Morgan fingerprint density at radius 2 is 0.452 bits per heavy atom. The van der Waals surface area contributed by atoms with Gasteiger partial charge in [0.05, 0.1) is 13.2 Å². The third-order valence-corrected chi connectivity index (χ3v) is 14.2. The molecule has 436 valence electrons. The molecule has 0 bridgehead atoms. The molecule has 73 heavy (non-hydrogen) atoms. The number of allylic oxidation sites excluding steroid dienone is 2. The highest BCUT2D eigenvalue weighted by atomic mass is 16.8. The van der Waals surface area contributed by atoms with Crippen molar-refractivity contribution < 1.29 is 33.2 Å². The van der Waals surface area contributed by atoms with Crippen LogP contribution < -0.4 is 0 Å². The van der Waals surface area contributed by atoms with Crippen molar-refractivity contribution in [3.8, 4) is 0 Å². The van der Waals surface area contributed by atoms with E-state index in [9.17, 15) is 0 Å². The van der Waals surface area contributed by atoms with Gasteiger partial charge in [-0.3, -0.25) is 0 Å². The number of ether oxygens (including phenoxy) is 7. The largest absolute Gasteiger partial charge is 0.353 e. The first kappa shape index (κ1) is 72.2. The summed E-state index contributed by atoms with van der Waals surface area (Å²) in [5, 5.41) is 0. The molecule has 0 aromatic heterocycles. The van der Waals surface area contributed by atoms with E-state index in [0.29, 0.717) is 13.2 Å². The molecule has 0 N–H and O–H groups in total. The molecule has 0 rings (SSSR count). The van der Waals surface area contributed by atoms with Crippen LogP contribution in [0.5, 0.6) is 0 Å². The fourth-order valence-electron chi connectivity index (χ4n) is 9.31. The normalized spacial score (nSPS) is 13.0. The molecule has 0 aliphatic heterocycles. The maximum Gasteiger partial charge on any atom is 0.180 e. The monoisotopic (exact) mass is 1030 g/mol. The zero-order valence-corrected chi connectivity index (χ0v) is 50.2. The molecule has 0 aromatic rings. The van der Waals surface area contributed by atoms with E-state index in [4.69, 9.17) is 33.2 Å². The third kappa shape index (κ3) is 57.2. The van der Waals surface area contributed by atoms with Crippen molar-refractivity contribution in [1.82, 2.24) is 0 Å². The van der Waals surface area contributed by atoms with Gasteiger partial charge in [0, 0.05) is 26.4 Å². The molecule has 0 saturated carbocycles. The molecule has 0 spiro atoms. The lowest BCUT2D eigenvalue weighted by Crippen LogP contribution is -2.25. The molecule has 0 saturated heterocycles. The molecule has 2 atom stereocenters. The zero-order chi connectivity index (χ0) is 52.9. The van der Waals surface area contributed by atoms with Crippen LogP contribution in [0.15, 0.2) is 24.3 Å². The maximum atomic E-state index is 6.70. The van der Waals surface area contributed by atoms with Crippen molar-refractivity contribution in [2.24, 2.45) is 0 Å². The van der Waals surface area contributed by atoms with E-state index in [1.165, 1.54) is 205 Å². The van der Waals surface area contributed by atoms with Gasteiger partial charge in [-0.1, -0.05) is 259 Å². The number of hydrogen-bond donors (Lipinski definition) is 0. The lowest BCUT2D eigenvalue weighted by Gasteiger charge is -2.22. The van der Waals surface area contributed by atoms with Crippen LogP contribution in [-0.2, 0) is 33.2 Å². The Morgan fingerprint density at radius 1 is 0.233 bits per heavy atom. The summed E-state index contributed by atoms with van der Waals surface area (Å²) >= 11 is 0. The molecule has 0 radical (unpaired) electrons. The summed E-state index contributed by atoms with van der Waals surface area (Å²) in [4.78, 5) is 0. The molecular formula is C66H130O7. The molecular weight excluding hydrogens is 905 g/mol. The fraction of sp³-hybridized carbons (Fsp3) is 0.939. The summed E-state index contributed by atoms with van der Waals surface area (Å²) in [6, 6.07) is 0. The molecule has 0 amide bonds. The summed E-state index contributed by atoms with van der Waals surface area (Å²) in [6.45, 7) is 18.3. The van der Waals surface area contributed by atoms with Crippen molar-refractivity contribution in [1.29, 1.82) is 0 Å². The Bertz CT molecular complexity index is 936. The van der Waals surface area contributed by atoms with E-state index in [1.807, 2.05) is 0 Å². The van der Waals surface area contributed by atoms with Crippen LogP contribution in [0.1, 0.15) is 337 Å². The fourth-order valence-corrected chi connectivity index (χ4v) is 9.31. The molecule has 7 nitrogen and oxygen atoms in total. The van der Waals surface area contributed by atoms with Crippen LogP contribution in [0.25, 0.3) is 0 Å². The Morgan fingerprint density at radius 3 is 0.699 bits per heavy atom. The first-order chi connectivity index (χ1) is 36.1. The highest BCUT2D eigenvalue weighted by Crippen LogP contribution is 2.18. The summed E-state index contributed by atoms with van der Waals surface area (Å²) in [6.07, 6.45) is 64.3. The number of unbranched alkanes of at least 4 members (excludes halogenated alkanes) is 36. The van der Waals surface area contributed by atoms with Gasteiger partial charge in [-0.2, -0.15) is 0 Å². The molecule has 7 heteroatoms. The van der Waals surface area contributed by atoms with Gasteiger partial charge < -0.3 is 33.2 Å². The molecule has 0 heterocycles. The summed E-state index contributed by atoms with van der Waals surface area (Å²) in [5.74, 6) is 0. The third-order valence-electron chi connectivity index (χ3n) is 14.2. The summed E-state index contributed by atoms with van der Waals surface area (Å²) < 4.78 is 45.1. The van der Waals surface area contributed by atoms with Crippen LogP contribution in [-0.4, -0.2) is 64.8 Å². The van der Waals surface area contributed by atoms with Gasteiger partial charge in [0.2, 0.25) is 0 Å². The van der Waals surface area contributed by atoms with Gasteiger partial charge >= 0.3 is 0 Å². The smallest absolute Gasteiger partial charge is 0.180 e. The highest BCUT2D eigenvalue weighted by Gasteiger charge is 2.15. The topological polar surface area (TPSA) is 64.6 Å². The van der Waals surface area contributed by atoms with Crippen molar-refractivity contribution >= 4 is 0 Å². The van der Waals surface area contributed by atoms with E-state index >= 15 is 0 Å². The van der Waals surface area contributed by atoms with Gasteiger partial charge in [0.1, 0.15) is 0 Å². The van der Waals surface area contributed by atoms with Crippen molar-refractivity contribution in [2.75, 3.05) is 39.6 Å². The van der Waals surface area contributed by atoms with E-state index < -0.39 is 12.6 Å². The minimum absolute atomic E-state index is 0.0920. The summed E-state index contributed by atoms with van der Waals surface area (Å²) in [7, 11) is 0. The predicted molar refractivity (Wildman–Crippen MR) is 317 cm³/mol. The van der Waals surface area contributed by atoms with Gasteiger partial charge in [-0.15, -0.1) is 0 Å². The standard InChI is InChI=1S/C66H130O7/c1-7-13-19-25-31-41-51-61-71-65(55-45-35-33-43-53-63(67-57-47-37-27-21-15-9-3)68-58-48-38-28-22-16-10-4)73-66(72-62-52-42-32-26-20-14-8-2)56-46-36-34-44-54-64(69-59-49-39-29-23-17-11-5)70-60-50-40-30-24-18-12-6/h45-46,55-56,63-66H,7-44,47-54,57-62H2,1-6H3. The van der Waals surface area contributed by atoms with Crippen molar-refractivity contribution in [2.45, 2.75) is 362 Å². The quantitative estimate of drug-likeness (QED) is 0.0342. The first-order valence-electron chi connectivity index (χ1n) is 32.8. The number of hydrogen-bond acceptors (Lipinski definition) is 7. The van der Waals surface area contributed by atoms with Gasteiger partial charge in [-0.05, 0) is 102 Å². The van der Waals surface area contributed by atoms with E-state index in [1.54, 1.807) is 0 Å². The first-order valence-corrected chi connectivity index (χ1v) is 32.8. The van der Waals surface area contributed by atoms with Crippen molar-refractivity contribution in [3.05, 3.63) is 24.3 Å². The minimum atomic E-state index is -0.439. The van der Waals surface area contributed by atoms with Crippen LogP contribution >= 0.6 is 0 Å². The van der Waals surface area contributed by atoms with Crippen LogP contribution in [0.3, 0.4) is 0 Å². The lowest BCUT2D eigenvalue weighted by molar-refractivity contribution is -0.208. The Kier molecular flexibility index (Phi) is 63.0. The van der Waals surface area contributed by atoms with Crippen LogP contribution in [0, 0.1) is 0 Å². The average molecular weight is 1040 g/mol. The van der Waals surface area contributed by atoms with Gasteiger partial charge in [-0.25, -0.2) is 0 Å². The second-order valence-electron chi connectivity index (χ2n) is 21.7. The molecule has 0 aromatic carbocycles. The second kappa shape index (κ2) is 63.7. The van der Waals surface area contributed by atoms with Gasteiger partial charge in [0.25, 0.3) is 0 Å². The molecule has 2 unspecified atom stereocenters. The molecule has 0 aliphatic carbocycles. The minimum Gasteiger partial charge on any atom is -0.353 e. The molecule has 0 fully saturated rings. The SMILES string of the molecule is CCCCCCCCCOC(C=CCCCCC(OCCCCCCCC)OCCCCCCCC)OC(C=CCCCCC(OCCCCCCCC)OCCCCCCCC)OCCCCCCCCC. The molecule has 0 aliphatic rings. The maximum absolute atomic E-state index is 6.70. The Balaban J connectivity index is 5.59. The van der Waals surface area contributed by atoms with E-state index in [0.717, 1.165) is 116 Å².